The third-order valence-electron chi connectivity index (χ3n) is 6.71. The second kappa shape index (κ2) is 11.9. The van der Waals surface area contributed by atoms with Gasteiger partial charge in [-0.2, -0.15) is 0 Å². The molecule has 0 N–H and O–H groups in total. The molecule has 0 saturated carbocycles. The lowest BCUT2D eigenvalue weighted by Gasteiger charge is -2.25. The van der Waals surface area contributed by atoms with Crippen molar-refractivity contribution >= 4 is 29.4 Å². The predicted octanol–water partition coefficient (Wildman–Crippen LogP) is 3.86. The zero-order chi connectivity index (χ0) is 30.0. The van der Waals surface area contributed by atoms with Gasteiger partial charge in [0.15, 0.2) is 16.3 Å². The molecule has 10 nitrogen and oxygen atoms in total. The van der Waals surface area contributed by atoms with Crippen LogP contribution in [0.3, 0.4) is 0 Å². The van der Waals surface area contributed by atoms with Gasteiger partial charge in [0.1, 0.15) is 11.5 Å². The number of benzene rings is 2. The van der Waals surface area contributed by atoms with E-state index in [1.54, 1.807) is 68.5 Å². The maximum absolute atomic E-state index is 13.9. The average molecular weight is 589 g/mol. The number of methoxy groups -OCH3 is 3. The lowest BCUT2D eigenvalue weighted by atomic mass is 9.95. The Kier molecular flexibility index (Phi) is 8.12. The summed E-state index contributed by atoms with van der Waals surface area (Å²) in [7, 11) is 4.37. The summed E-state index contributed by atoms with van der Waals surface area (Å²) in [6, 6.07) is 14.8. The third kappa shape index (κ3) is 5.26. The fourth-order valence-corrected chi connectivity index (χ4v) is 5.79. The van der Waals surface area contributed by atoms with Crippen LogP contribution in [-0.2, 0) is 14.3 Å². The van der Waals surface area contributed by atoms with Crippen LogP contribution in [0.15, 0.2) is 80.1 Å². The number of nitrogens with zero attached hydrogens (tertiary/aromatic N) is 2. The van der Waals surface area contributed by atoms with E-state index in [0.717, 1.165) is 0 Å². The first kappa shape index (κ1) is 28.6. The number of carbonyl (C=O) groups excluding carboxylic acids is 2. The van der Waals surface area contributed by atoms with E-state index >= 15 is 0 Å². The molecule has 42 heavy (non-hydrogen) atoms. The molecule has 1 aliphatic heterocycles. The molecule has 0 saturated heterocycles. The lowest BCUT2D eigenvalue weighted by Crippen LogP contribution is -2.39. The van der Waals surface area contributed by atoms with Crippen molar-refractivity contribution < 1.29 is 33.0 Å². The molecule has 0 radical (unpaired) electrons. The van der Waals surface area contributed by atoms with Crippen LogP contribution >= 0.6 is 11.3 Å². The van der Waals surface area contributed by atoms with E-state index < -0.39 is 18.0 Å². The standard InChI is InChI=1S/C31H28N2O8S/c1-6-40-30(36)26-17(2)32-31-33(27(26)19-10-12-23(37-3)24(15-19)38-4)28(34)25(42-31)16-21-11-13-22(41-21)18-8-7-9-20(14-18)29(35)39-5/h7-16,27H,6H2,1-5H3/b25-16+/t27-/m1/s1. The molecule has 216 valence electrons. The Morgan fingerprint density at radius 3 is 2.52 bits per heavy atom. The molecule has 0 spiro atoms. The number of fused-ring (bicyclic) bond motifs is 1. The Morgan fingerprint density at radius 2 is 1.81 bits per heavy atom. The van der Waals surface area contributed by atoms with Gasteiger partial charge in [-0.05, 0) is 55.8 Å². The number of rotatable bonds is 8. The van der Waals surface area contributed by atoms with Crippen molar-refractivity contribution in [3.05, 3.63) is 102 Å². The number of furan rings is 1. The highest BCUT2D eigenvalue weighted by Gasteiger charge is 2.34. The molecule has 2 aromatic carbocycles. The molecule has 0 unspecified atom stereocenters. The summed E-state index contributed by atoms with van der Waals surface area (Å²) >= 11 is 1.18. The molecule has 1 aliphatic rings. The molecule has 2 aromatic heterocycles. The van der Waals surface area contributed by atoms with E-state index in [1.165, 1.54) is 37.2 Å². The third-order valence-corrected chi connectivity index (χ3v) is 7.69. The van der Waals surface area contributed by atoms with Gasteiger partial charge in [0, 0.05) is 11.6 Å². The zero-order valence-corrected chi connectivity index (χ0v) is 24.4. The number of aromatic nitrogens is 1. The minimum Gasteiger partial charge on any atom is -0.493 e. The number of hydrogen-bond donors (Lipinski definition) is 0. The summed E-state index contributed by atoms with van der Waals surface area (Å²) in [5.74, 6) is 0.905. The van der Waals surface area contributed by atoms with Gasteiger partial charge < -0.3 is 23.4 Å². The van der Waals surface area contributed by atoms with E-state index in [0.29, 0.717) is 54.7 Å². The summed E-state index contributed by atoms with van der Waals surface area (Å²) in [5, 5.41) is 0. The minimum atomic E-state index is -0.810. The van der Waals surface area contributed by atoms with E-state index in [-0.39, 0.29) is 17.7 Å². The van der Waals surface area contributed by atoms with Gasteiger partial charge >= 0.3 is 11.9 Å². The predicted molar refractivity (Wildman–Crippen MR) is 155 cm³/mol. The monoisotopic (exact) mass is 588 g/mol. The number of thiazole rings is 1. The van der Waals surface area contributed by atoms with Crippen molar-refractivity contribution in [1.29, 1.82) is 0 Å². The highest BCUT2D eigenvalue weighted by Crippen LogP contribution is 2.36. The Morgan fingerprint density at radius 1 is 1.02 bits per heavy atom. The van der Waals surface area contributed by atoms with Crippen LogP contribution in [-0.4, -0.2) is 44.4 Å². The number of carbonyl (C=O) groups is 2. The summed E-state index contributed by atoms with van der Waals surface area (Å²) in [4.78, 5) is 44.0. The molecule has 5 rings (SSSR count). The Balaban J connectivity index is 1.62. The van der Waals surface area contributed by atoms with E-state index in [9.17, 15) is 14.4 Å². The number of esters is 2. The zero-order valence-electron chi connectivity index (χ0n) is 23.6. The molecular formula is C31H28N2O8S. The van der Waals surface area contributed by atoms with Crippen LogP contribution in [0.5, 0.6) is 11.5 Å². The van der Waals surface area contributed by atoms with Crippen molar-refractivity contribution in [2.45, 2.75) is 19.9 Å². The van der Waals surface area contributed by atoms with Crippen LogP contribution in [0.4, 0.5) is 0 Å². The van der Waals surface area contributed by atoms with Crippen LogP contribution in [0, 0.1) is 0 Å². The number of hydrogen-bond acceptors (Lipinski definition) is 10. The van der Waals surface area contributed by atoms with Crippen LogP contribution in [0.1, 0.15) is 41.6 Å². The smallest absolute Gasteiger partial charge is 0.338 e. The van der Waals surface area contributed by atoms with Gasteiger partial charge in [-0.3, -0.25) is 9.36 Å². The first-order valence-corrected chi connectivity index (χ1v) is 13.8. The SMILES string of the molecule is CCOC(=O)C1=C(C)N=c2s/c(=C/c3ccc(-c4cccc(C(=O)OC)c4)o3)c(=O)n2[C@@H]1c1ccc(OC)c(OC)c1. The van der Waals surface area contributed by atoms with E-state index in [2.05, 4.69) is 4.99 Å². The molecule has 11 heteroatoms. The topological polar surface area (TPSA) is 119 Å². The number of allylic oxidation sites excluding steroid dienone is 1. The minimum absolute atomic E-state index is 0.169. The first-order valence-electron chi connectivity index (χ1n) is 13.0. The highest BCUT2D eigenvalue weighted by atomic mass is 32.1. The average Bonchev–Trinajstić information content (AvgIpc) is 3.59. The maximum atomic E-state index is 13.9. The second-order valence-electron chi connectivity index (χ2n) is 9.19. The van der Waals surface area contributed by atoms with Crippen LogP contribution < -0.4 is 24.4 Å². The van der Waals surface area contributed by atoms with Gasteiger partial charge in [0.05, 0.1) is 55.3 Å². The summed E-state index contributed by atoms with van der Waals surface area (Å²) < 4.78 is 28.9. The molecule has 0 bridgehead atoms. The molecule has 0 fully saturated rings. The largest absolute Gasteiger partial charge is 0.493 e. The molecule has 4 aromatic rings. The van der Waals surface area contributed by atoms with Gasteiger partial charge in [-0.25, -0.2) is 14.6 Å². The van der Waals surface area contributed by atoms with Gasteiger partial charge in [-0.15, -0.1) is 0 Å². The quantitative estimate of drug-likeness (QED) is 0.285. The van der Waals surface area contributed by atoms with Gasteiger partial charge in [0.2, 0.25) is 0 Å². The molecule has 3 heterocycles. The number of ether oxygens (including phenoxy) is 4. The summed E-state index contributed by atoms with van der Waals surface area (Å²) in [6.45, 7) is 3.61. The van der Waals surface area contributed by atoms with Crippen molar-refractivity contribution in [2.75, 3.05) is 27.9 Å². The van der Waals surface area contributed by atoms with Crippen molar-refractivity contribution in [3.8, 4) is 22.8 Å². The lowest BCUT2D eigenvalue weighted by molar-refractivity contribution is -0.139. The summed E-state index contributed by atoms with van der Waals surface area (Å²) in [5.41, 5.74) is 2.06. The molecular weight excluding hydrogens is 560 g/mol. The van der Waals surface area contributed by atoms with Crippen molar-refractivity contribution in [2.24, 2.45) is 4.99 Å². The molecule has 0 aliphatic carbocycles. The maximum Gasteiger partial charge on any atom is 0.338 e. The fraction of sp³-hybridized carbons (Fsp3) is 0.226. The highest BCUT2D eigenvalue weighted by molar-refractivity contribution is 7.07. The Bertz CT molecular complexity index is 1900. The van der Waals surface area contributed by atoms with Gasteiger partial charge in [0.25, 0.3) is 5.56 Å². The van der Waals surface area contributed by atoms with E-state index in [4.69, 9.17) is 23.4 Å². The molecule has 1 atom stereocenters. The van der Waals surface area contributed by atoms with Crippen molar-refractivity contribution in [1.82, 2.24) is 4.57 Å². The fourth-order valence-electron chi connectivity index (χ4n) is 4.76. The van der Waals surface area contributed by atoms with Crippen molar-refractivity contribution in [3.63, 3.8) is 0 Å². The Labute approximate surface area is 244 Å². The van der Waals surface area contributed by atoms with Gasteiger partial charge in [-0.1, -0.05) is 29.5 Å². The first-order chi connectivity index (χ1) is 20.3. The second-order valence-corrected chi connectivity index (χ2v) is 10.2. The van der Waals surface area contributed by atoms with E-state index in [1.807, 2.05) is 6.07 Å². The van der Waals surface area contributed by atoms with Crippen LogP contribution in [0.2, 0.25) is 0 Å². The normalized spacial score (nSPS) is 14.7. The van der Waals surface area contributed by atoms with Crippen LogP contribution in [0.25, 0.3) is 17.4 Å². The molecule has 0 amide bonds. The Hall–Kier alpha value is -4.90. The summed E-state index contributed by atoms with van der Waals surface area (Å²) in [6.07, 6.45) is 1.63.